The Bertz CT molecular complexity index is 190. The fourth-order valence-corrected chi connectivity index (χ4v) is 1.02. The van der Waals surface area contributed by atoms with E-state index in [1.165, 1.54) is 13.0 Å². The summed E-state index contributed by atoms with van der Waals surface area (Å²) >= 11 is 0. The molecule has 0 aromatic heterocycles. The van der Waals surface area contributed by atoms with Gasteiger partial charge in [-0.3, -0.25) is 0 Å². The van der Waals surface area contributed by atoms with Gasteiger partial charge in [-0.05, 0) is 6.42 Å². The van der Waals surface area contributed by atoms with E-state index in [1.807, 2.05) is 0 Å². The van der Waals surface area contributed by atoms with E-state index >= 15 is 0 Å². The van der Waals surface area contributed by atoms with E-state index in [0.29, 0.717) is 0 Å². The van der Waals surface area contributed by atoms with Gasteiger partial charge < -0.3 is 9.22 Å². The summed E-state index contributed by atoms with van der Waals surface area (Å²) < 4.78 is 65.2. The van der Waals surface area contributed by atoms with E-state index in [0.717, 1.165) is 11.2 Å². The Morgan fingerprint density at radius 1 is 1.00 bits per heavy atom. The molecule has 0 saturated carbocycles. The van der Waals surface area contributed by atoms with E-state index in [2.05, 4.69) is 21.0 Å². The second kappa shape index (κ2) is 4.66. The molecule has 0 bridgehead atoms. The van der Waals surface area contributed by atoms with E-state index in [9.17, 15) is 25.2 Å². The van der Waals surface area contributed by atoms with Gasteiger partial charge in [-0.2, -0.15) is 0 Å². The Balaban J connectivity index is 0. The van der Waals surface area contributed by atoms with Crippen LogP contribution < -0.4 is 0 Å². The molecule has 104 valence electrons. The first-order chi connectivity index (χ1) is 6.57. The summed E-state index contributed by atoms with van der Waals surface area (Å²) in [5.74, 6) is 0. The van der Waals surface area contributed by atoms with Crippen LogP contribution in [-0.2, 0) is 4.74 Å². The molecule has 0 heterocycles. The molecule has 0 amide bonds. The summed E-state index contributed by atoms with van der Waals surface area (Å²) in [7, 11) is -4.56. The third-order valence-corrected chi connectivity index (χ3v) is 1.31. The monoisotopic (exact) mass is 277 g/mol. The Hall–Kier alpha value is -0.0700. The maximum atomic E-state index is 9.87. The molecule has 16 heavy (non-hydrogen) atoms. The summed E-state index contributed by atoms with van der Waals surface area (Å²) in [4.78, 5) is 0. The van der Waals surface area contributed by atoms with Crippen molar-refractivity contribution in [3.05, 3.63) is 0 Å². The fourth-order valence-electron chi connectivity index (χ4n) is 1.02. The van der Waals surface area contributed by atoms with Gasteiger partial charge in [0, 0.05) is 7.11 Å². The normalized spacial score (nSPS) is 16.9. The van der Waals surface area contributed by atoms with E-state index < -0.39 is 7.81 Å². The molecule has 0 aromatic rings. The van der Waals surface area contributed by atoms with Gasteiger partial charge in [0.25, 0.3) is 0 Å². The third-order valence-electron chi connectivity index (χ3n) is 1.31. The number of quaternary nitrogens is 1. The van der Waals surface area contributed by atoms with Crippen molar-refractivity contribution in [2.75, 3.05) is 34.5 Å². The number of methoxy groups -OCH3 is 1. The van der Waals surface area contributed by atoms with Gasteiger partial charge in [-0.25, -0.2) is 0 Å². The van der Waals surface area contributed by atoms with Gasteiger partial charge in [0.1, 0.15) is 0 Å². The summed E-state index contributed by atoms with van der Waals surface area (Å²) in [6, 6.07) is 0. The molecule has 9 heteroatoms. The van der Waals surface area contributed by atoms with Gasteiger partial charge in [0.05, 0.1) is 20.6 Å². The van der Waals surface area contributed by atoms with Crippen molar-refractivity contribution in [2.24, 2.45) is 0 Å². The van der Waals surface area contributed by atoms with Crippen LogP contribution in [0.2, 0.25) is 0 Å². The first-order valence-corrected chi connectivity index (χ1v) is 6.47. The fraction of sp³-hybridized carbons (Fsp3) is 1.00. The molecule has 0 aliphatic carbocycles. The van der Waals surface area contributed by atoms with Crippen LogP contribution in [0, 0.1) is 0 Å². The first kappa shape index (κ1) is 18.3. The van der Waals surface area contributed by atoms with Crippen LogP contribution in [-0.4, -0.2) is 39.0 Å². The van der Waals surface area contributed by atoms with Crippen LogP contribution in [0.25, 0.3) is 0 Å². The number of nitrogens with zero attached hydrogens (tertiary/aromatic N) is 1. The van der Waals surface area contributed by atoms with Gasteiger partial charge in [-0.15, -0.1) is 0 Å². The SMILES string of the molecule is CCC[N+](C)(C)COC.F[P-](F)(F)(F)(F)F. The van der Waals surface area contributed by atoms with Gasteiger partial charge in [-0.1, -0.05) is 6.92 Å². The Morgan fingerprint density at radius 3 is 1.50 bits per heavy atom. The zero-order chi connectivity index (χ0) is 13.7. The number of rotatable bonds is 4. The number of hydrogen-bond donors (Lipinski definition) is 0. The minimum atomic E-state index is -10.7. The molecule has 0 unspecified atom stereocenters. The number of ether oxygens (including phenoxy) is 1. The Labute approximate surface area is 91.0 Å². The molecule has 0 rings (SSSR count). The van der Waals surface area contributed by atoms with Crippen molar-refractivity contribution in [1.82, 2.24) is 0 Å². The average Bonchev–Trinajstić information content (AvgIpc) is 1.77. The topological polar surface area (TPSA) is 9.23 Å². The molecule has 0 aliphatic heterocycles. The van der Waals surface area contributed by atoms with Crippen molar-refractivity contribution < 1.29 is 34.4 Å². The molecule has 0 aliphatic rings. The second-order valence-electron chi connectivity index (χ2n) is 4.04. The van der Waals surface area contributed by atoms with Crippen LogP contribution in [0.4, 0.5) is 25.2 Å². The Morgan fingerprint density at radius 2 is 1.31 bits per heavy atom. The van der Waals surface area contributed by atoms with Gasteiger partial charge in [0.15, 0.2) is 6.73 Å². The van der Waals surface area contributed by atoms with Gasteiger partial charge >= 0.3 is 33.0 Å². The zero-order valence-corrected chi connectivity index (χ0v) is 10.6. The predicted octanol–water partition coefficient (Wildman–Crippen LogP) is 4.46. The molecule has 0 N–H and O–H groups in total. The average molecular weight is 277 g/mol. The van der Waals surface area contributed by atoms with Crippen molar-refractivity contribution >= 4 is 7.81 Å². The summed E-state index contributed by atoms with van der Waals surface area (Å²) in [6.45, 7) is 4.19. The molecule has 0 radical (unpaired) electrons. The number of hydrogen-bond acceptors (Lipinski definition) is 1. The molecule has 0 saturated heterocycles. The summed E-state index contributed by atoms with van der Waals surface area (Å²) in [5.41, 5.74) is 0. The van der Waals surface area contributed by atoms with E-state index in [4.69, 9.17) is 4.74 Å². The first-order valence-electron chi connectivity index (χ1n) is 4.45. The zero-order valence-electron chi connectivity index (χ0n) is 9.69. The maximum absolute atomic E-state index is 10.7. The van der Waals surface area contributed by atoms with Crippen molar-refractivity contribution in [3.8, 4) is 0 Å². The quantitative estimate of drug-likeness (QED) is 0.319. The van der Waals surface area contributed by atoms with Crippen LogP contribution in [0.15, 0.2) is 0 Å². The Kier molecular flexibility index (Phi) is 5.33. The molecule has 0 spiro atoms. The summed E-state index contributed by atoms with van der Waals surface area (Å²) in [6.07, 6.45) is 1.22. The van der Waals surface area contributed by atoms with Crippen LogP contribution >= 0.6 is 7.81 Å². The van der Waals surface area contributed by atoms with E-state index in [-0.39, 0.29) is 0 Å². The van der Waals surface area contributed by atoms with E-state index in [1.54, 1.807) is 7.11 Å². The molecule has 2 nitrogen and oxygen atoms in total. The van der Waals surface area contributed by atoms with Crippen molar-refractivity contribution in [2.45, 2.75) is 13.3 Å². The van der Waals surface area contributed by atoms with Crippen LogP contribution in [0.1, 0.15) is 13.3 Å². The predicted molar refractivity (Wildman–Crippen MR) is 52.7 cm³/mol. The van der Waals surface area contributed by atoms with Crippen molar-refractivity contribution in [3.63, 3.8) is 0 Å². The molecular weight excluding hydrogens is 259 g/mol. The van der Waals surface area contributed by atoms with Gasteiger partial charge in [0.2, 0.25) is 0 Å². The van der Waals surface area contributed by atoms with Crippen molar-refractivity contribution in [1.29, 1.82) is 0 Å². The second-order valence-corrected chi connectivity index (χ2v) is 5.95. The summed E-state index contributed by atoms with van der Waals surface area (Å²) in [5, 5.41) is 0. The number of halogens is 6. The minimum absolute atomic E-state index is 0.813. The molecule has 0 aromatic carbocycles. The molecular formula is C7H18F6NOP. The van der Waals surface area contributed by atoms with Crippen LogP contribution in [0.3, 0.4) is 0 Å². The van der Waals surface area contributed by atoms with Crippen LogP contribution in [0.5, 0.6) is 0 Å². The molecule has 0 fully saturated rings. The molecule has 0 atom stereocenters. The standard InChI is InChI=1S/C7H18NO.F6P/c1-5-6-8(2,3)7-9-4;1-7(2,3,4,5)6/h5-7H2,1-4H3;/q+1;-1. The third kappa shape index (κ3) is 37.0.